The van der Waals surface area contributed by atoms with Gasteiger partial charge in [-0.05, 0) is 45.6 Å². The zero-order valence-electron chi connectivity index (χ0n) is 17.3. The average molecular weight is 387 g/mol. The highest BCUT2D eigenvalue weighted by molar-refractivity contribution is 5.97. The van der Waals surface area contributed by atoms with Gasteiger partial charge in [-0.2, -0.15) is 0 Å². The van der Waals surface area contributed by atoms with Crippen LogP contribution in [-0.4, -0.2) is 66.4 Å². The summed E-state index contributed by atoms with van der Waals surface area (Å²) in [5.41, 5.74) is 0.695. The monoisotopic (exact) mass is 386 g/mol. The summed E-state index contributed by atoms with van der Waals surface area (Å²) >= 11 is 0. The summed E-state index contributed by atoms with van der Waals surface area (Å²) < 4.78 is 5.81. The van der Waals surface area contributed by atoms with Gasteiger partial charge in [0.1, 0.15) is 0 Å². The van der Waals surface area contributed by atoms with Gasteiger partial charge in [0.05, 0.1) is 12.2 Å². The topological polar surface area (TPSA) is 49.9 Å². The van der Waals surface area contributed by atoms with Crippen molar-refractivity contribution in [2.24, 2.45) is 5.92 Å². The lowest BCUT2D eigenvalue weighted by molar-refractivity contribution is -0.132. The Morgan fingerprint density at radius 2 is 1.64 bits per heavy atom. The molecule has 2 heterocycles. The Bertz CT molecular complexity index is 631. The van der Waals surface area contributed by atoms with Crippen LogP contribution in [0.25, 0.3) is 0 Å². The van der Waals surface area contributed by atoms with Gasteiger partial charge >= 0.3 is 0 Å². The quantitative estimate of drug-likeness (QED) is 0.674. The molecule has 0 aliphatic carbocycles. The normalized spacial score (nSPS) is 24.3. The largest absolute Gasteiger partial charge is 0.373 e. The number of piperidine rings is 1. The van der Waals surface area contributed by atoms with E-state index in [9.17, 15) is 9.59 Å². The number of rotatable bonds is 7. The van der Waals surface area contributed by atoms with Crippen molar-refractivity contribution in [3.05, 3.63) is 35.9 Å². The highest BCUT2D eigenvalue weighted by Crippen LogP contribution is 2.23. The highest BCUT2D eigenvalue weighted by Gasteiger charge is 2.26. The van der Waals surface area contributed by atoms with Gasteiger partial charge in [-0.15, -0.1) is 0 Å². The summed E-state index contributed by atoms with van der Waals surface area (Å²) in [7, 11) is 0. The summed E-state index contributed by atoms with van der Waals surface area (Å²) in [5, 5.41) is 0. The first-order valence-corrected chi connectivity index (χ1v) is 10.7. The number of carbonyl (C=O) groups excluding carboxylic acids is 2. The smallest absolute Gasteiger partial charge is 0.223 e. The molecule has 2 saturated heterocycles. The number of morpholine rings is 1. The molecule has 0 bridgehead atoms. The Morgan fingerprint density at radius 1 is 1.00 bits per heavy atom. The van der Waals surface area contributed by atoms with Crippen molar-refractivity contribution in [1.82, 2.24) is 9.80 Å². The molecule has 2 aliphatic rings. The number of ether oxygens (including phenoxy) is 1. The van der Waals surface area contributed by atoms with Gasteiger partial charge in [-0.1, -0.05) is 30.3 Å². The van der Waals surface area contributed by atoms with Crippen LogP contribution in [0.2, 0.25) is 0 Å². The van der Waals surface area contributed by atoms with E-state index in [1.165, 1.54) is 6.42 Å². The Balaban J connectivity index is 1.34. The van der Waals surface area contributed by atoms with Crippen molar-refractivity contribution in [2.75, 3.05) is 32.7 Å². The number of amides is 1. The fourth-order valence-electron chi connectivity index (χ4n) is 4.45. The van der Waals surface area contributed by atoms with Crippen LogP contribution in [0.4, 0.5) is 0 Å². The Kier molecular flexibility index (Phi) is 7.63. The van der Waals surface area contributed by atoms with Crippen LogP contribution in [0, 0.1) is 5.92 Å². The lowest BCUT2D eigenvalue weighted by Gasteiger charge is -2.37. The van der Waals surface area contributed by atoms with E-state index in [1.807, 2.05) is 35.2 Å². The number of carbonyl (C=O) groups is 2. The van der Waals surface area contributed by atoms with E-state index in [0.717, 1.165) is 45.6 Å². The number of likely N-dealkylation sites (tertiary alicyclic amines) is 1. The van der Waals surface area contributed by atoms with E-state index < -0.39 is 0 Å². The number of Topliss-reactive ketones (excluding diaryl/α,β-unsaturated/α-hetero) is 1. The van der Waals surface area contributed by atoms with Gasteiger partial charge in [0.15, 0.2) is 5.78 Å². The minimum atomic E-state index is 0.0535. The molecule has 0 N–H and O–H groups in total. The highest BCUT2D eigenvalue weighted by atomic mass is 16.5. The molecule has 2 fully saturated rings. The van der Waals surface area contributed by atoms with E-state index in [4.69, 9.17) is 4.74 Å². The molecular weight excluding hydrogens is 352 g/mol. The molecule has 1 aromatic carbocycles. The van der Waals surface area contributed by atoms with E-state index in [0.29, 0.717) is 36.5 Å². The lowest BCUT2D eigenvalue weighted by atomic mass is 9.93. The van der Waals surface area contributed by atoms with Gasteiger partial charge in [0.2, 0.25) is 5.91 Å². The van der Waals surface area contributed by atoms with Crippen LogP contribution >= 0.6 is 0 Å². The van der Waals surface area contributed by atoms with Gasteiger partial charge in [-0.25, -0.2) is 0 Å². The van der Waals surface area contributed by atoms with Crippen molar-refractivity contribution in [3.63, 3.8) is 0 Å². The van der Waals surface area contributed by atoms with E-state index in [2.05, 4.69) is 18.7 Å². The molecular formula is C23H34N2O3. The molecule has 0 spiro atoms. The molecule has 28 heavy (non-hydrogen) atoms. The first kappa shape index (κ1) is 21.0. The summed E-state index contributed by atoms with van der Waals surface area (Å²) in [6, 6.07) is 9.24. The Morgan fingerprint density at radius 3 is 2.29 bits per heavy atom. The summed E-state index contributed by atoms with van der Waals surface area (Å²) in [6.07, 6.45) is 4.62. The Labute approximate surface area is 169 Å². The van der Waals surface area contributed by atoms with Gasteiger partial charge in [0, 0.05) is 44.6 Å². The second kappa shape index (κ2) is 10.2. The standard InChI is InChI=1S/C23H34N2O3/c1-18-16-24(17-19(2)28-18)13-10-20-11-14-25(15-12-20)23(27)9-8-22(26)21-6-4-3-5-7-21/h3-7,18-20H,8-17H2,1-2H3/t18-,19-/m0/s1. The predicted octanol–water partition coefficient (Wildman–Crippen LogP) is 3.39. The third-order valence-electron chi connectivity index (χ3n) is 5.98. The number of benzene rings is 1. The summed E-state index contributed by atoms with van der Waals surface area (Å²) in [5.74, 6) is 0.875. The minimum absolute atomic E-state index is 0.0535. The molecule has 0 unspecified atom stereocenters. The molecule has 0 saturated carbocycles. The second-order valence-electron chi connectivity index (χ2n) is 8.42. The van der Waals surface area contributed by atoms with E-state index >= 15 is 0 Å². The van der Waals surface area contributed by atoms with Gasteiger partial charge < -0.3 is 9.64 Å². The molecule has 5 heteroatoms. The third kappa shape index (κ3) is 6.14. The summed E-state index contributed by atoms with van der Waals surface area (Å²) in [6.45, 7) is 9.14. The van der Waals surface area contributed by atoms with E-state index in [1.54, 1.807) is 0 Å². The maximum absolute atomic E-state index is 12.5. The van der Waals surface area contributed by atoms with Crippen LogP contribution in [0.3, 0.4) is 0 Å². The number of nitrogens with zero attached hydrogens (tertiary/aromatic N) is 2. The molecule has 0 aromatic heterocycles. The van der Waals surface area contributed by atoms with Gasteiger partial charge in [0.25, 0.3) is 0 Å². The predicted molar refractivity (Wildman–Crippen MR) is 110 cm³/mol. The molecule has 154 valence electrons. The molecule has 2 aliphatic heterocycles. The van der Waals surface area contributed by atoms with Crippen LogP contribution in [0.15, 0.2) is 30.3 Å². The third-order valence-corrected chi connectivity index (χ3v) is 5.98. The minimum Gasteiger partial charge on any atom is -0.373 e. The lowest BCUT2D eigenvalue weighted by Crippen LogP contribution is -2.46. The molecule has 0 radical (unpaired) electrons. The Hall–Kier alpha value is -1.72. The molecule has 5 nitrogen and oxygen atoms in total. The number of hydrogen-bond acceptors (Lipinski definition) is 4. The summed E-state index contributed by atoms with van der Waals surface area (Å²) in [4.78, 5) is 29.1. The zero-order chi connectivity index (χ0) is 19.9. The second-order valence-corrected chi connectivity index (χ2v) is 8.42. The van der Waals surface area contributed by atoms with Crippen molar-refractivity contribution in [2.45, 2.75) is 58.2 Å². The van der Waals surface area contributed by atoms with Crippen LogP contribution in [0.5, 0.6) is 0 Å². The SMILES string of the molecule is C[C@H]1CN(CCC2CCN(C(=O)CCC(=O)c3ccccc3)CC2)C[C@H](C)O1. The fourth-order valence-corrected chi connectivity index (χ4v) is 4.45. The molecule has 2 atom stereocenters. The van der Waals surface area contributed by atoms with Crippen molar-refractivity contribution < 1.29 is 14.3 Å². The van der Waals surface area contributed by atoms with Crippen LogP contribution in [0.1, 0.15) is 56.3 Å². The van der Waals surface area contributed by atoms with Crippen molar-refractivity contribution in [1.29, 1.82) is 0 Å². The fraction of sp³-hybridized carbons (Fsp3) is 0.652. The molecule has 3 rings (SSSR count). The number of ketones is 1. The van der Waals surface area contributed by atoms with Gasteiger partial charge in [-0.3, -0.25) is 14.5 Å². The molecule has 1 aromatic rings. The van der Waals surface area contributed by atoms with Crippen molar-refractivity contribution in [3.8, 4) is 0 Å². The number of hydrogen-bond donors (Lipinski definition) is 0. The van der Waals surface area contributed by atoms with Crippen molar-refractivity contribution >= 4 is 11.7 Å². The van der Waals surface area contributed by atoms with Crippen LogP contribution in [-0.2, 0) is 9.53 Å². The maximum Gasteiger partial charge on any atom is 0.223 e. The van der Waals surface area contributed by atoms with E-state index in [-0.39, 0.29) is 11.7 Å². The molecule has 1 amide bonds. The first-order valence-electron chi connectivity index (χ1n) is 10.7. The van der Waals surface area contributed by atoms with Crippen LogP contribution < -0.4 is 0 Å². The average Bonchev–Trinajstić information content (AvgIpc) is 2.70. The first-order chi connectivity index (χ1) is 13.5. The maximum atomic E-state index is 12.5. The zero-order valence-corrected chi connectivity index (χ0v) is 17.3.